The van der Waals surface area contributed by atoms with E-state index in [0.29, 0.717) is 24.4 Å². The van der Waals surface area contributed by atoms with Crippen LogP contribution in [0.25, 0.3) is 0 Å². The molecule has 0 unspecified atom stereocenters. The van der Waals surface area contributed by atoms with E-state index in [1.807, 2.05) is 55.0 Å². The Morgan fingerprint density at radius 3 is 2.65 bits per heavy atom. The number of anilines is 1. The van der Waals surface area contributed by atoms with Crippen LogP contribution in [0.3, 0.4) is 0 Å². The van der Waals surface area contributed by atoms with Crippen molar-refractivity contribution in [3.63, 3.8) is 0 Å². The lowest BCUT2D eigenvalue weighted by Crippen LogP contribution is -2.34. The SMILES string of the molecule is CN(C)c1cccc(CCNC(=O)c2sc(CCN3CCSCC3)nc2C(F)(F)F)c1. The van der Waals surface area contributed by atoms with Gasteiger partial charge in [0.25, 0.3) is 5.91 Å². The number of thioether (sulfide) groups is 1. The Morgan fingerprint density at radius 1 is 1.23 bits per heavy atom. The van der Waals surface area contributed by atoms with Crippen molar-refractivity contribution in [3.8, 4) is 0 Å². The zero-order valence-electron chi connectivity index (χ0n) is 17.7. The molecule has 1 fully saturated rings. The van der Waals surface area contributed by atoms with E-state index in [-0.39, 0.29) is 11.4 Å². The minimum Gasteiger partial charge on any atom is -0.378 e. The van der Waals surface area contributed by atoms with Crippen LogP contribution in [0.2, 0.25) is 0 Å². The van der Waals surface area contributed by atoms with Crippen molar-refractivity contribution in [2.45, 2.75) is 19.0 Å². The number of amides is 1. The summed E-state index contributed by atoms with van der Waals surface area (Å²) in [6.45, 7) is 2.79. The number of carbonyl (C=O) groups excluding carboxylic acids is 1. The highest BCUT2D eigenvalue weighted by Crippen LogP contribution is 2.34. The van der Waals surface area contributed by atoms with Crippen molar-refractivity contribution in [2.75, 3.05) is 56.7 Å². The Hall–Kier alpha value is -1.78. The van der Waals surface area contributed by atoms with Gasteiger partial charge in [0, 0.05) is 63.9 Å². The molecule has 2 aromatic rings. The van der Waals surface area contributed by atoms with Crippen molar-refractivity contribution < 1.29 is 18.0 Å². The summed E-state index contributed by atoms with van der Waals surface area (Å²) in [5.41, 5.74) is 0.962. The lowest BCUT2D eigenvalue weighted by molar-refractivity contribution is -0.141. The topological polar surface area (TPSA) is 48.5 Å². The molecule has 2 heterocycles. The molecule has 1 aromatic heterocycles. The Kier molecular flexibility index (Phi) is 8.23. The summed E-state index contributed by atoms with van der Waals surface area (Å²) in [6.07, 6.45) is -3.69. The van der Waals surface area contributed by atoms with E-state index in [9.17, 15) is 18.0 Å². The van der Waals surface area contributed by atoms with Crippen LogP contribution in [0.1, 0.15) is 25.9 Å². The van der Waals surface area contributed by atoms with Crippen LogP contribution < -0.4 is 10.2 Å². The highest BCUT2D eigenvalue weighted by Gasteiger charge is 2.39. The van der Waals surface area contributed by atoms with Gasteiger partial charge < -0.3 is 15.1 Å². The van der Waals surface area contributed by atoms with E-state index in [1.165, 1.54) is 0 Å². The number of nitrogens with zero attached hydrogens (tertiary/aromatic N) is 3. The van der Waals surface area contributed by atoms with Gasteiger partial charge in [0.05, 0.1) is 5.01 Å². The second-order valence-corrected chi connectivity index (χ2v) is 9.87. The molecule has 1 aromatic carbocycles. The third-order valence-corrected chi connectivity index (χ3v) is 7.07. The molecule has 0 aliphatic carbocycles. The van der Waals surface area contributed by atoms with E-state index in [0.717, 1.165) is 47.2 Å². The van der Waals surface area contributed by atoms with Gasteiger partial charge in [-0.2, -0.15) is 24.9 Å². The summed E-state index contributed by atoms with van der Waals surface area (Å²) in [7, 11) is 3.87. The molecule has 31 heavy (non-hydrogen) atoms. The zero-order valence-corrected chi connectivity index (χ0v) is 19.3. The van der Waals surface area contributed by atoms with Crippen LogP contribution in [0.4, 0.5) is 18.9 Å². The summed E-state index contributed by atoms with van der Waals surface area (Å²) in [6, 6.07) is 7.82. The zero-order chi connectivity index (χ0) is 22.4. The average Bonchev–Trinajstić information content (AvgIpc) is 3.18. The molecule has 0 bridgehead atoms. The Labute approximate surface area is 189 Å². The predicted octanol–water partition coefficient (Wildman–Crippen LogP) is 3.79. The highest BCUT2D eigenvalue weighted by atomic mass is 32.2. The van der Waals surface area contributed by atoms with Crippen LogP contribution in [0.5, 0.6) is 0 Å². The number of carbonyl (C=O) groups is 1. The van der Waals surface area contributed by atoms with Gasteiger partial charge in [-0.3, -0.25) is 4.79 Å². The first kappa shape index (κ1) is 23.9. The number of benzene rings is 1. The second-order valence-electron chi connectivity index (χ2n) is 7.56. The number of thiazole rings is 1. The van der Waals surface area contributed by atoms with Gasteiger partial charge in [-0.05, 0) is 24.1 Å². The molecule has 1 amide bonds. The van der Waals surface area contributed by atoms with Gasteiger partial charge in [-0.15, -0.1) is 11.3 Å². The molecule has 10 heteroatoms. The summed E-state index contributed by atoms with van der Waals surface area (Å²) >= 11 is 2.74. The molecule has 1 aliphatic rings. The normalized spacial score (nSPS) is 15.1. The number of hydrogen-bond donors (Lipinski definition) is 1. The number of rotatable bonds is 8. The first-order valence-corrected chi connectivity index (χ1v) is 12.1. The minimum absolute atomic E-state index is 0.256. The van der Waals surface area contributed by atoms with E-state index >= 15 is 0 Å². The quantitative estimate of drug-likeness (QED) is 0.634. The van der Waals surface area contributed by atoms with Crippen LogP contribution in [-0.4, -0.2) is 67.6 Å². The number of aromatic nitrogens is 1. The van der Waals surface area contributed by atoms with Crippen LogP contribution in [0, 0.1) is 0 Å². The third-order valence-electron chi connectivity index (χ3n) is 5.02. The predicted molar refractivity (Wildman–Crippen MR) is 121 cm³/mol. The van der Waals surface area contributed by atoms with Gasteiger partial charge in [0.2, 0.25) is 0 Å². The number of alkyl halides is 3. The van der Waals surface area contributed by atoms with E-state index in [1.54, 1.807) is 0 Å². The summed E-state index contributed by atoms with van der Waals surface area (Å²) in [5.74, 6) is 1.36. The largest absolute Gasteiger partial charge is 0.435 e. The number of halogens is 3. The van der Waals surface area contributed by atoms with E-state index in [4.69, 9.17) is 0 Å². The Bertz CT molecular complexity index is 880. The van der Waals surface area contributed by atoms with Gasteiger partial charge in [-0.1, -0.05) is 12.1 Å². The Balaban J connectivity index is 1.62. The average molecular weight is 473 g/mol. The van der Waals surface area contributed by atoms with Crippen molar-refractivity contribution in [2.24, 2.45) is 0 Å². The third kappa shape index (κ3) is 6.85. The molecule has 0 radical (unpaired) electrons. The first-order chi connectivity index (χ1) is 14.7. The summed E-state index contributed by atoms with van der Waals surface area (Å²) in [4.78, 5) is 20.2. The first-order valence-electron chi connectivity index (χ1n) is 10.2. The fourth-order valence-electron chi connectivity index (χ4n) is 3.29. The van der Waals surface area contributed by atoms with Crippen LogP contribution >= 0.6 is 23.1 Å². The van der Waals surface area contributed by atoms with Gasteiger partial charge in [0.1, 0.15) is 4.88 Å². The minimum atomic E-state index is -4.65. The molecule has 0 spiro atoms. The fraction of sp³-hybridized carbons (Fsp3) is 0.524. The maximum atomic E-state index is 13.5. The molecule has 170 valence electrons. The standard InChI is InChI=1S/C21H27F3N4OS2/c1-27(2)16-5-3-4-15(14-16)6-8-25-20(29)18-19(21(22,23)24)26-17(31-18)7-9-28-10-12-30-13-11-28/h3-5,14H,6-13H2,1-2H3,(H,25,29). The number of nitrogens with one attached hydrogen (secondary N) is 1. The maximum absolute atomic E-state index is 13.5. The molecule has 1 N–H and O–H groups in total. The smallest absolute Gasteiger partial charge is 0.378 e. The van der Waals surface area contributed by atoms with Crippen molar-refractivity contribution >= 4 is 34.7 Å². The summed E-state index contributed by atoms with van der Waals surface area (Å²) < 4.78 is 40.4. The molecular formula is C21H27F3N4OS2. The molecule has 0 atom stereocenters. The monoisotopic (exact) mass is 472 g/mol. The highest BCUT2D eigenvalue weighted by molar-refractivity contribution is 7.99. The van der Waals surface area contributed by atoms with Crippen molar-refractivity contribution in [1.29, 1.82) is 0 Å². The lowest BCUT2D eigenvalue weighted by Gasteiger charge is -2.25. The van der Waals surface area contributed by atoms with Gasteiger partial charge >= 0.3 is 6.18 Å². The molecule has 1 aliphatic heterocycles. The molecule has 3 rings (SSSR count). The second kappa shape index (κ2) is 10.7. The van der Waals surface area contributed by atoms with Crippen LogP contribution in [-0.2, 0) is 19.0 Å². The Morgan fingerprint density at radius 2 is 1.97 bits per heavy atom. The van der Waals surface area contributed by atoms with E-state index in [2.05, 4.69) is 15.2 Å². The molecule has 0 saturated carbocycles. The number of hydrogen-bond acceptors (Lipinski definition) is 6. The van der Waals surface area contributed by atoms with Gasteiger partial charge in [0.15, 0.2) is 5.69 Å². The fourth-order valence-corrected chi connectivity index (χ4v) is 5.25. The van der Waals surface area contributed by atoms with Crippen LogP contribution in [0.15, 0.2) is 24.3 Å². The van der Waals surface area contributed by atoms with E-state index < -0.39 is 17.8 Å². The molecule has 1 saturated heterocycles. The van der Waals surface area contributed by atoms with Crippen molar-refractivity contribution in [1.82, 2.24) is 15.2 Å². The lowest BCUT2D eigenvalue weighted by atomic mass is 10.1. The van der Waals surface area contributed by atoms with Gasteiger partial charge in [-0.25, -0.2) is 4.98 Å². The summed E-state index contributed by atoms with van der Waals surface area (Å²) in [5, 5.41) is 2.99. The van der Waals surface area contributed by atoms with Crippen molar-refractivity contribution in [3.05, 3.63) is 45.4 Å². The maximum Gasteiger partial charge on any atom is 0.435 e. The molecule has 5 nitrogen and oxygen atoms in total. The molecular weight excluding hydrogens is 445 g/mol.